The van der Waals surface area contributed by atoms with E-state index >= 15 is 0 Å². The Morgan fingerprint density at radius 2 is 0.757 bits per heavy atom. The molecule has 1 N–H and O–H groups in total. The molecule has 10 aromatic carbocycles. The molecule has 0 saturated heterocycles. The second kappa shape index (κ2) is 18.0. The highest BCUT2D eigenvalue weighted by Crippen LogP contribution is 2.43. The van der Waals surface area contributed by atoms with Crippen molar-refractivity contribution in [2.24, 2.45) is 4.99 Å². The highest BCUT2D eigenvalue weighted by molar-refractivity contribution is 6.13. The summed E-state index contributed by atoms with van der Waals surface area (Å²) >= 11 is 0. The molecule has 6 heteroatoms. The van der Waals surface area contributed by atoms with Crippen LogP contribution in [0.4, 0.5) is 34.1 Å². The van der Waals surface area contributed by atoms with Crippen molar-refractivity contribution in [2.45, 2.75) is 6.04 Å². The van der Waals surface area contributed by atoms with Crippen LogP contribution in [0.3, 0.4) is 0 Å². The molecule has 3 heterocycles. The molecule has 0 radical (unpaired) electrons. The number of nitrogens with one attached hydrogen (secondary N) is 1. The van der Waals surface area contributed by atoms with Crippen LogP contribution >= 0.6 is 0 Å². The quantitative estimate of drug-likeness (QED) is 0.148. The number of fused-ring (bicyclic) bond motifs is 7. The summed E-state index contributed by atoms with van der Waals surface area (Å²) in [4.78, 5) is 10.1. The van der Waals surface area contributed by atoms with Crippen LogP contribution in [-0.4, -0.2) is 20.9 Å². The largest absolute Gasteiger partial charge is 0.371 e. The monoisotopic (exact) mass is 948 g/mol. The summed E-state index contributed by atoms with van der Waals surface area (Å²) in [7, 11) is 0. The molecule has 1 atom stereocenters. The van der Waals surface area contributed by atoms with Crippen molar-refractivity contribution in [1.82, 2.24) is 14.5 Å². The van der Waals surface area contributed by atoms with E-state index in [-0.39, 0.29) is 6.04 Å². The van der Waals surface area contributed by atoms with E-state index in [0.29, 0.717) is 0 Å². The number of aliphatic imine (C=N–C) groups is 1. The van der Waals surface area contributed by atoms with Crippen LogP contribution in [-0.2, 0) is 0 Å². The van der Waals surface area contributed by atoms with Crippen molar-refractivity contribution in [3.05, 3.63) is 290 Å². The van der Waals surface area contributed by atoms with Gasteiger partial charge in [-0.3, -0.25) is 0 Å². The highest BCUT2D eigenvalue weighted by Gasteiger charge is 2.26. The van der Waals surface area contributed by atoms with Crippen LogP contribution < -0.4 is 15.1 Å². The number of aromatic nitrogens is 2. The molecular formula is C68H48N6. The van der Waals surface area contributed by atoms with Crippen molar-refractivity contribution >= 4 is 94.8 Å². The number of benzene rings is 10. The third-order valence-corrected chi connectivity index (χ3v) is 14.5. The number of anilines is 6. The molecule has 0 fully saturated rings. The minimum Gasteiger partial charge on any atom is -0.371 e. The predicted octanol–water partition coefficient (Wildman–Crippen LogP) is 17.2. The SMILES string of the molecule is C1=CC2=NC(c3ccc(N(c4ccccc4)c4ccc5c(c4)c4ccccc4n5-c4ccccc4)cc3)=C(c3ccc(N(c4ccccc4)c4ccc5c(c4)c4ccccc4n5-c4ccccc4)cc3)NC2C=C1. The lowest BCUT2D eigenvalue weighted by Crippen LogP contribution is -2.37. The zero-order valence-electron chi connectivity index (χ0n) is 40.4. The lowest BCUT2D eigenvalue weighted by Gasteiger charge is -2.29. The third-order valence-electron chi connectivity index (χ3n) is 14.5. The van der Waals surface area contributed by atoms with Gasteiger partial charge in [-0.2, -0.15) is 0 Å². The molecule has 2 aliphatic rings. The molecular weight excluding hydrogens is 901 g/mol. The van der Waals surface area contributed by atoms with E-state index in [1.165, 1.54) is 43.6 Å². The summed E-state index contributed by atoms with van der Waals surface area (Å²) in [5, 5.41) is 8.75. The Hall–Kier alpha value is -9.91. The second-order valence-electron chi connectivity index (χ2n) is 18.8. The van der Waals surface area contributed by atoms with Crippen LogP contribution in [0, 0.1) is 0 Å². The zero-order chi connectivity index (χ0) is 49.0. The van der Waals surface area contributed by atoms with Gasteiger partial charge >= 0.3 is 0 Å². The van der Waals surface area contributed by atoms with Crippen molar-refractivity contribution in [1.29, 1.82) is 0 Å². The van der Waals surface area contributed by atoms with Crippen LogP contribution in [0.1, 0.15) is 11.1 Å². The highest BCUT2D eigenvalue weighted by atomic mass is 15.2. The first-order valence-electron chi connectivity index (χ1n) is 25.2. The van der Waals surface area contributed by atoms with E-state index in [4.69, 9.17) is 4.99 Å². The summed E-state index contributed by atoms with van der Waals surface area (Å²) in [5.74, 6) is 0. The average Bonchev–Trinajstić information content (AvgIpc) is 4.01. The Bertz CT molecular complexity index is 4190. The van der Waals surface area contributed by atoms with Gasteiger partial charge in [0.2, 0.25) is 0 Å². The molecule has 0 bridgehead atoms. The lowest BCUT2D eigenvalue weighted by molar-refractivity contribution is 0.882. The molecule has 74 heavy (non-hydrogen) atoms. The van der Waals surface area contributed by atoms with E-state index in [1.807, 2.05) is 0 Å². The first-order valence-corrected chi connectivity index (χ1v) is 25.2. The topological polar surface area (TPSA) is 40.7 Å². The standard InChI is InChI=1S/C68H48N6/c1-5-19-49(20-6-1)71(55-41-43-65-59(45-55)57-27-13-17-31-63(57)73(65)51-23-9-3-10-24-51)53-37-33-47(34-38-53)67-68(70-62-30-16-15-29-61(62)69-67)48-35-39-54(40-36-48)72(50-21-7-2-8-22-50)56-42-44-66-60(46-56)58-28-14-18-32-64(58)74(66)52-25-11-4-12-26-52/h1-46,61,69H. The summed E-state index contributed by atoms with van der Waals surface area (Å²) in [5.41, 5.74) is 18.4. The van der Waals surface area contributed by atoms with E-state index < -0.39 is 0 Å². The Kier molecular flexibility index (Phi) is 10.5. The average molecular weight is 949 g/mol. The fourth-order valence-corrected chi connectivity index (χ4v) is 11.1. The van der Waals surface area contributed by atoms with Gasteiger partial charge in [0.25, 0.3) is 0 Å². The Morgan fingerprint density at radius 3 is 1.26 bits per heavy atom. The van der Waals surface area contributed by atoms with Gasteiger partial charge in [-0.25, -0.2) is 4.99 Å². The van der Waals surface area contributed by atoms with Gasteiger partial charge in [0.15, 0.2) is 0 Å². The Morgan fingerprint density at radius 1 is 0.351 bits per heavy atom. The van der Waals surface area contributed by atoms with Gasteiger partial charge in [0.1, 0.15) is 0 Å². The van der Waals surface area contributed by atoms with Crippen molar-refractivity contribution < 1.29 is 0 Å². The molecule has 2 aromatic heterocycles. The van der Waals surface area contributed by atoms with Crippen LogP contribution in [0.5, 0.6) is 0 Å². The van der Waals surface area contributed by atoms with Crippen LogP contribution in [0.25, 0.3) is 66.4 Å². The first kappa shape index (κ1) is 42.9. The van der Waals surface area contributed by atoms with Crippen LogP contribution in [0.15, 0.2) is 284 Å². The van der Waals surface area contributed by atoms with Gasteiger partial charge in [-0.1, -0.05) is 152 Å². The Labute approximate surface area is 429 Å². The number of hydrogen-bond acceptors (Lipinski definition) is 4. The Balaban J connectivity index is 0.851. The molecule has 0 saturated carbocycles. The molecule has 1 aliphatic heterocycles. The van der Waals surface area contributed by atoms with E-state index in [1.54, 1.807) is 0 Å². The number of nitrogens with zero attached hydrogens (tertiary/aromatic N) is 5. The molecule has 350 valence electrons. The molecule has 14 rings (SSSR count). The lowest BCUT2D eigenvalue weighted by atomic mass is 9.97. The fraction of sp³-hybridized carbons (Fsp3) is 0.0147. The van der Waals surface area contributed by atoms with E-state index in [0.717, 1.165) is 73.7 Å². The van der Waals surface area contributed by atoms with Gasteiger partial charge in [-0.15, -0.1) is 0 Å². The first-order chi connectivity index (χ1) is 36.7. The molecule has 1 aliphatic carbocycles. The van der Waals surface area contributed by atoms with Gasteiger partial charge in [-0.05, 0) is 133 Å². The minimum atomic E-state index is -0.0420. The van der Waals surface area contributed by atoms with Gasteiger partial charge in [0, 0.05) is 72.6 Å². The van der Waals surface area contributed by atoms with E-state index in [2.05, 4.69) is 303 Å². The van der Waals surface area contributed by atoms with Crippen molar-refractivity contribution in [2.75, 3.05) is 9.80 Å². The normalized spacial score (nSPS) is 14.1. The predicted molar refractivity (Wildman–Crippen MR) is 310 cm³/mol. The smallest absolute Gasteiger partial charge is 0.0944 e. The third kappa shape index (κ3) is 7.39. The summed E-state index contributed by atoms with van der Waals surface area (Å²) in [6.45, 7) is 0. The van der Waals surface area contributed by atoms with Crippen LogP contribution in [0.2, 0.25) is 0 Å². The van der Waals surface area contributed by atoms with E-state index in [9.17, 15) is 0 Å². The van der Waals surface area contributed by atoms with Gasteiger partial charge in [0.05, 0.1) is 45.2 Å². The molecule has 6 nitrogen and oxygen atoms in total. The summed E-state index contributed by atoms with van der Waals surface area (Å²) < 4.78 is 4.73. The maximum atomic E-state index is 5.41. The zero-order valence-corrected chi connectivity index (χ0v) is 40.4. The summed E-state index contributed by atoms with van der Waals surface area (Å²) in [6, 6.07) is 91.4. The summed E-state index contributed by atoms with van der Waals surface area (Å²) in [6.07, 6.45) is 8.46. The maximum Gasteiger partial charge on any atom is 0.0944 e. The molecule has 12 aromatic rings. The van der Waals surface area contributed by atoms with Crippen molar-refractivity contribution in [3.8, 4) is 11.4 Å². The van der Waals surface area contributed by atoms with Gasteiger partial charge < -0.3 is 24.3 Å². The molecule has 1 unspecified atom stereocenters. The molecule has 0 amide bonds. The maximum absolute atomic E-state index is 5.41. The second-order valence-corrected chi connectivity index (χ2v) is 18.8. The number of allylic oxidation sites excluding steroid dienone is 2. The fourth-order valence-electron chi connectivity index (χ4n) is 11.1. The number of hydrogen-bond donors (Lipinski definition) is 1. The number of para-hydroxylation sites is 6. The van der Waals surface area contributed by atoms with Crippen molar-refractivity contribution in [3.63, 3.8) is 0 Å². The number of rotatable bonds is 10. The molecule has 0 spiro atoms. The minimum absolute atomic E-state index is 0.0420.